The Kier molecular flexibility index (Phi) is 4.84. The van der Waals surface area contributed by atoms with Gasteiger partial charge in [-0.05, 0) is 37.4 Å². The standard InChI is InChI=1S/C20H23N5/c1-2-12-25(11-1)20-23-14-16(15-24-20)13-21-10-8-18-6-3-5-17-7-4-9-22-19(17)18/h3-7,9,14-15,21H,1-2,8,10-13H2. The van der Waals surface area contributed by atoms with E-state index in [1.165, 1.54) is 23.8 Å². The first kappa shape index (κ1) is 16.0. The quantitative estimate of drug-likeness (QED) is 0.703. The van der Waals surface area contributed by atoms with Gasteiger partial charge in [0.15, 0.2) is 0 Å². The number of rotatable bonds is 6. The van der Waals surface area contributed by atoms with Crippen LogP contribution in [0.15, 0.2) is 48.9 Å². The second-order valence-electron chi connectivity index (χ2n) is 6.50. The number of aromatic nitrogens is 3. The molecule has 128 valence electrons. The molecular weight excluding hydrogens is 310 g/mol. The minimum Gasteiger partial charge on any atom is -0.341 e. The van der Waals surface area contributed by atoms with Crippen LogP contribution < -0.4 is 10.2 Å². The molecule has 0 unspecified atom stereocenters. The van der Waals surface area contributed by atoms with Crippen molar-refractivity contribution in [1.82, 2.24) is 20.3 Å². The molecule has 1 N–H and O–H groups in total. The predicted molar refractivity (Wildman–Crippen MR) is 101 cm³/mol. The van der Waals surface area contributed by atoms with Crippen LogP contribution in [-0.4, -0.2) is 34.6 Å². The third kappa shape index (κ3) is 3.77. The first-order chi connectivity index (χ1) is 12.4. The molecule has 1 saturated heterocycles. The van der Waals surface area contributed by atoms with Crippen LogP contribution in [0.25, 0.3) is 10.9 Å². The molecule has 0 bridgehead atoms. The molecule has 1 fully saturated rings. The summed E-state index contributed by atoms with van der Waals surface area (Å²) in [5.41, 5.74) is 3.51. The molecule has 5 nitrogen and oxygen atoms in total. The summed E-state index contributed by atoms with van der Waals surface area (Å²) >= 11 is 0. The van der Waals surface area contributed by atoms with Crippen molar-refractivity contribution in [3.05, 3.63) is 60.0 Å². The highest BCUT2D eigenvalue weighted by atomic mass is 15.3. The second kappa shape index (κ2) is 7.57. The lowest BCUT2D eigenvalue weighted by atomic mass is 10.1. The number of hydrogen-bond acceptors (Lipinski definition) is 5. The number of fused-ring (bicyclic) bond motifs is 1. The molecule has 0 amide bonds. The third-order valence-corrected chi connectivity index (χ3v) is 4.70. The first-order valence-electron chi connectivity index (χ1n) is 8.99. The van der Waals surface area contributed by atoms with Crippen molar-refractivity contribution in [2.45, 2.75) is 25.8 Å². The molecule has 25 heavy (non-hydrogen) atoms. The monoisotopic (exact) mass is 333 g/mol. The number of pyridine rings is 1. The second-order valence-corrected chi connectivity index (χ2v) is 6.50. The third-order valence-electron chi connectivity index (χ3n) is 4.70. The van der Waals surface area contributed by atoms with Crippen molar-refractivity contribution in [1.29, 1.82) is 0 Å². The zero-order chi connectivity index (χ0) is 16.9. The summed E-state index contributed by atoms with van der Waals surface area (Å²) in [6.45, 7) is 3.86. The van der Waals surface area contributed by atoms with Gasteiger partial charge in [0.25, 0.3) is 0 Å². The fraction of sp³-hybridized carbons (Fsp3) is 0.350. The van der Waals surface area contributed by atoms with E-state index in [0.29, 0.717) is 0 Å². The average Bonchev–Trinajstić information content (AvgIpc) is 3.21. The Bertz CT molecular complexity index is 820. The minimum atomic E-state index is 0.790. The highest BCUT2D eigenvalue weighted by Crippen LogP contribution is 2.16. The molecule has 1 aliphatic rings. The smallest absolute Gasteiger partial charge is 0.225 e. The molecule has 3 aromatic rings. The Morgan fingerprint density at radius 1 is 0.960 bits per heavy atom. The molecule has 3 heterocycles. The summed E-state index contributed by atoms with van der Waals surface area (Å²) in [7, 11) is 0. The minimum absolute atomic E-state index is 0.790. The molecule has 0 spiro atoms. The van der Waals surface area contributed by atoms with E-state index in [0.717, 1.165) is 49.6 Å². The van der Waals surface area contributed by atoms with Gasteiger partial charge in [-0.15, -0.1) is 0 Å². The van der Waals surface area contributed by atoms with Crippen LogP contribution in [0.1, 0.15) is 24.0 Å². The molecule has 0 aliphatic carbocycles. The molecule has 0 atom stereocenters. The lowest BCUT2D eigenvalue weighted by molar-refractivity contribution is 0.683. The van der Waals surface area contributed by atoms with Crippen LogP contribution >= 0.6 is 0 Å². The Morgan fingerprint density at radius 2 is 1.76 bits per heavy atom. The zero-order valence-corrected chi connectivity index (χ0v) is 14.4. The van der Waals surface area contributed by atoms with Gasteiger partial charge in [0, 0.05) is 49.2 Å². The molecule has 0 saturated carbocycles. The van der Waals surface area contributed by atoms with Crippen LogP contribution in [0.4, 0.5) is 5.95 Å². The van der Waals surface area contributed by atoms with Crippen LogP contribution in [0, 0.1) is 0 Å². The number of nitrogens with zero attached hydrogens (tertiary/aromatic N) is 4. The highest BCUT2D eigenvalue weighted by molar-refractivity contribution is 5.81. The SMILES string of the molecule is c1cnc2c(CCNCc3cnc(N4CCCC4)nc3)cccc2c1. The fourth-order valence-electron chi connectivity index (χ4n) is 3.34. The highest BCUT2D eigenvalue weighted by Gasteiger charge is 2.14. The lowest BCUT2D eigenvalue weighted by Gasteiger charge is -2.14. The zero-order valence-electron chi connectivity index (χ0n) is 14.4. The Labute approximate surface area is 148 Å². The maximum absolute atomic E-state index is 4.51. The van der Waals surface area contributed by atoms with Crippen LogP contribution in [-0.2, 0) is 13.0 Å². The summed E-state index contributed by atoms with van der Waals surface area (Å²) in [4.78, 5) is 15.8. The number of para-hydroxylation sites is 1. The van der Waals surface area contributed by atoms with E-state index in [4.69, 9.17) is 0 Å². The first-order valence-corrected chi connectivity index (χ1v) is 8.99. The summed E-state index contributed by atoms with van der Waals surface area (Å²) in [6, 6.07) is 10.5. The van der Waals surface area contributed by atoms with E-state index in [-0.39, 0.29) is 0 Å². The van der Waals surface area contributed by atoms with Crippen LogP contribution in [0.3, 0.4) is 0 Å². The van der Waals surface area contributed by atoms with Gasteiger partial charge in [-0.25, -0.2) is 9.97 Å². The molecule has 2 aromatic heterocycles. The Morgan fingerprint density at radius 3 is 2.60 bits per heavy atom. The molecule has 0 radical (unpaired) electrons. The molecular formula is C20H23N5. The maximum Gasteiger partial charge on any atom is 0.225 e. The van der Waals surface area contributed by atoms with Crippen molar-refractivity contribution < 1.29 is 0 Å². The number of nitrogens with one attached hydrogen (secondary N) is 1. The summed E-state index contributed by atoms with van der Waals surface area (Å²) in [5.74, 6) is 0.864. The van der Waals surface area contributed by atoms with Gasteiger partial charge >= 0.3 is 0 Å². The largest absolute Gasteiger partial charge is 0.341 e. The van der Waals surface area contributed by atoms with E-state index >= 15 is 0 Å². The van der Waals surface area contributed by atoms with Gasteiger partial charge in [0.1, 0.15) is 0 Å². The number of anilines is 1. The van der Waals surface area contributed by atoms with E-state index in [1.54, 1.807) is 0 Å². The summed E-state index contributed by atoms with van der Waals surface area (Å²) in [5, 5.41) is 4.68. The predicted octanol–water partition coefficient (Wildman–Crippen LogP) is 2.96. The summed E-state index contributed by atoms with van der Waals surface area (Å²) in [6.07, 6.45) is 9.19. The van der Waals surface area contributed by atoms with Gasteiger partial charge in [-0.2, -0.15) is 0 Å². The number of hydrogen-bond donors (Lipinski definition) is 1. The molecule has 5 heteroatoms. The summed E-state index contributed by atoms with van der Waals surface area (Å²) < 4.78 is 0. The van der Waals surface area contributed by atoms with Crippen molar-refractivity contribution in [2.75, 3.05) is 24.5 Å². The fourth-order valence-corrected chi connectivity index (χ4v) is 3.34. The number of benzene rings is 1. The molecule has 1 aliphatic heterocycles. The van der Waals surface area contributed by atoms with Crippen molar-refractivity contribution in [2.24, 2.45) is 0 Å². The van der Waals surface area contributed by atoms with Gasteiger partial charge < -0.3 is 10.2 Å². The van der Waals surface area contributed by atoms with E-state index in [2.05, 4.69) is 49.4 Å². The van der Waals surface area contributed by atoms with Gasteiger partial charge in [0.2, 0.25) is 5.95 Å². The average molecular weight is 333 g/mol. The van der Waals surface area contributed by atoms with Gasteiger partial charge in [0.05, 0.1) is 5.52 Å². The normalized spacial score (nSPS) is 14.3. The van der Waals surface area contributed by atoms with Crippen LogP contribution in [0.5, 0.6) is 0 Å². The van der Waals surface area contributed by atoms with E-state index < -0.39 is 0 Å². The topological polar surface area (TPSA) is 53.9 Å². The Hall–Kier alpha value is -2.53. The lowest BCUT2D eigenvalue weighted by Crippen LogP contribution is -2.21. The van der Waals surface area contributed by atoms with Crippen LogP contribution in [0.2, 0.25) is 0 Å². The van der Waals surface area contributed by atoms with Gasteiger partial charge in [-0.1, -0.05) is 24.3 Å². The van der Waals surface area contributed by atoms with Crippen molar-refractivity contribution in [3.63, 3.8) is 0 Å². The van der Waals surface area contributed by atoms with Crippen molar-refractivity contribution in [3.8, 4) is 0 Å². The maximum atomic E-state index is 4.51. The molecule has 1 aromatic carbocycles. The van der Waals surface area contributed by atoms with Crippen molar-refractivity contribution >= 4 is 16.9 Å². The van der Waals surface area contributed by atoms with E-state index in [1.807, 2.05) is 24.7 Å². The van der Waals surface area contributed by atoms with E-state index in [9.17, 15) is 0 Å². The molecule has 4 rings (SSSR count). The van der Waals surface area contributed by atoms with Gasteiger partial charge in [-0.3, -0.25) is 4.98 Å². The Balaban J connectivity index is 1.30.